The molecule has 210 valence electrons. The molecule has 3 aliphatic rings. The highest BCUT2D eigenvalue weighted by Gasteiger charge is 2.77. The van der Waals surface area contributed by atoms with Crippen molar-refractivity contribution in [2.24, 2.45) is 17.3 Å². The van der Waals surface area contributed by atoms with Crippen LogP contribution in [0.5, 0.6) is 5.75 Å². The van der Waals surface area contributed by atoms with Crippen LogP contribution in [0.2, 0.25) is 0 Å². The van der Waals surface area contributed by atoms with Gasteiger partial charge in [-0.05, 0) is 76.6 Å². The summed E-state index contributed by atoms with van der Waals surface area (Å²) in [6.07, 6.45) is 2.18. The standard InChI is InChI=1S/C29H43N3O5S/c1-8-37-19-11-9-18(10-12-19)30-23(34)20-21-25(36)32(15-16-33)22(29(21)14-13-28(20,7)38-29)24(35)31-27(5,6)17-26(2,3)4/h9-12,20-22,33H,8,13-17H2,1-7H3,(H,30,34)(H,31,35)/t20-,21+,22?,28+,29?/m1/s1. The summed E-state index contributed by atoms with van der Waals surface area (Å²) in [5, 5.41) is 16.1. The van der Waals surface area contributed by atoms with Gasteiger partial charge in [0, 0.05) is 22.5 Å². The first kappa shape index (κ1) is 28.7. The predicted octanol–water partition coefficient (Wildman–Crippen LogP) is 3.83. The minimum atomic E-state index is -0.735. The van der Waals surface area contributed by atoms with Crippen LogP contribution in [0.4, 0.5) is 5.69 Å². The Bertz CT molecular complexity index is 1080. The lowest BCUT2D eigenvalue weighted by Gasteiger charge is -2.38. The average Bonchev–Trinajstić information content (AvgIpc) is 3.34. The van der Waals surface area contributed by atoms with E-state index in [1.165, 1.54) is 4.90 Å². The molecule has 3 aliphatic heterocycles. The van der Waals surface area contributed by atoms with E-state index in [4.69, 9.17) is 4.74 Å². The first-order valence-corrected chi connectivity index (χ1v) is 14.5. The largest absolute Gasteiger partial charge is 0.494 e. The third-order valence-corrected chi connectivity index (χ3v) is 10.0. The number of amides is 3. The maximum Gasteiger partial charge on any atom is 0.244 e. The van der Waals surface area contributed by atoms with Gasteiger partial charge in [0.15, 0.2) is 0 Å². The molecule has 8 nitrogen and oxygen atoms in total. The molecule has 1 aromatic rings. The number of fused-ring (bicyclic) bond motifs is 1. The van der Waals surface area contributed by atoms with Crippen LogP contribution in [0.3, 0.4) is 0 Å². The van der Waals surface area contributed by atoms with Crippen molar-refractivity contribution in [3.8, 4) is 5.75 Å². The van der Waals surface area contributed by atoms with Crippen molar-refractivity contribution in [2.45, 2.75) is 88.8 Å². The molecule has 38 heavy (non-hydrogen) atoms. The van der Waals surface area contributed by atoms with Crippen LogP contribution in [-0.2, 0) is 14.4 Å². The Morgan fingerprint density at radius 1 is 1.13 bits per heavy atom. The first-order chi connectivity index (χ1) is 17.7. The number of nitrogens with zero attached hydrogens (tertiary/aromatic N) is 1. The van der Waals surface area contributed by atoms with E-state index in [2.05, 4.69) is 38.3 Å². The van der Waals surface area contributed by atoms with Crippen molar-refractivity contribution in [1.29, 1.82) is 0 Å². The Morgan fingerprint density at radius 2 is 1.79 bits per heavy atom. The van der Waals surface area contributed by atoms with Crippen molar-refractivity contribution in [2.75, 3.05) is 25.1 Å². The lowest BCUT2D eigenvalue weighted by atomic mass is 9.66. The van der Waals surface area contributed by atoms with E-state index < -0.39 is 32.9 Å². The normalized spacial score (nSPS) is 30.4. The number of benzene rings is 1. The van der Waals surface area contributed by atoms with Gasteiger partial charge in [0.1, 0.15) is 11.8 Å². The summed E-state index contributed by atoms with van der Waals surface area (Å²) >= 11 is 1.63. The number of nitrogens with one attached hydrogen (secondary N) is 2. The summed E-state index contributed by atoms with van der Waals surface area (Å²) in [4.78, 5) is 43.2. The van der Waals surface area contributed by atoms with E-state index in [-0.39, 0.29) is 36.3 Å². The van der Waals surface area contributed by atoms with Gasteiger partial charge in [-0.15, -0.1) is 11.8 Å². The van der Waals surface area contributed by atoms with Crippen LogP contribution in [0, 0.1) is 17.3 Å². The molecular weight excluding hydrogens is 502 g/mol. The average molecular weight is 546 g/mol. The van der Waals surface area contributed by atoms with E-state index in [0.29, 0.717) is 18.7 Å². The van der Waals surface area contributed by atoms with Crippen LogP contribution >= 0.6 is 11.8 Å². The van der Waals surface area contributed by atoms with Gasteiger partial charge in [-0.2, -0.15) is 0 Å². The summed E-state index contributed by atoms with van der Waals surface area (Å²) in [6.45, 7) is 14.8. The molecule has 1 aromatic carbocycles. The topological polar surface area (TPSA) is 108 Å². The molecule has 0 aliphatic carbocycles. The van der Waals surface area contributed by atoms with E-state index in [1.54, 1.807) is 36.0 Å². The fourth-order valence-electron chi connectivity index (χ4n) is 7.27. The molecule has 2 bridgehead atoms. The van der Waals surface area contributed by atoms with Gasteiger partial charge in [-0.25, -0.2) is 0 Å². The summed E-state index contributed by atoms with van der Waals surface area (Å²) in [6, 6.07) is 6.47. The maximum absolute atomic E-state index is 13.9. The number of ether oxygens (including phenoxy) is 1. The molecule has 3 amide bonds. The van der Waals surface area contributed by atoms with Crippen LogP contribution in [0.1, 0.15) is 67.7 Å². The van der Waals surface area contributed by atoms with E-state index in [1.807, 2.05) is 20.8 Å². The number of rotatable bonds is 9. The monoisotopic (exact) mass is 545 g/mol. The van der Waals surface area contributed by atoms with Gasteiger partial charge in [-0.1, -0.05) is 20.8 Å². The lowest BCUT2D eigenvalue weighted by molar-refractivity contribution is -0.140. The highest BCUT2D eigenvalue weighted by Crippen LogP contribution is 2.71. The Balaban J connectivity index is 1.63. The second-order valence-electron chi connectivity index (χ2n) is 13.0. The van der Waals surface area contributed by atoms with Gasteiger partial charge >= 0.3 is 0 Å². The van der Waals surface area contributed by atoms with Gasteiger partial charge in [0.05, 0.1) is 29.8 Å². The van der Waals surface area contributed by atoms with Crippen LogP contribution in [-0.4, -0.2) is 68.6 Å². The maximum atomic E-state index is 13.9. The molecule has 3 N–H and O–H groups in total. The third-order valence-electron chi connectivity index (χ3n) is 8.02. The minimum absolute atomic E-state index is 0.00593. The predicted molar refractivity (Wildman–Crippen MR) is 150 cm³/mol. The van der Waals surface area contributed by atoms with Crippen molar-refractivity contribution in [3.05, 3.63) is 24.3 Å². The molecule has 3 heterocycles. The van der Waals surface area contributed by atoms with Gasteiger partial charge < -0.3 is 25.4 Å². The highest BCUT2D eigenvalue weighted by molar-refractivity contribution is 8.02. The molecule has 4 rings (SSSR count). The van der Waals surface area contributed by atoms with E-state index in [9.17, 15) is 19.5 Å². The summed E-state index contributed by atoms with van der Waals surface area (Å²) < 4.78 is 4.33. The number of carbonyl (C=O) groups is 3. The van der Waals surface area contributed by atoms with Crippen LogP contribution < -0.4 is 15.4 Å². The number of hydrogen-bond acceptors (Lipinski definition) is 6. The molecule has 3 saturated heterocycles. The molecule has 0 aromatic heterocycles. The number of hydrogen-bond donors (Lipinski definition) is 3. The second-order valence-corrected chi connectivity index (χ2v) is 14.9. The zero-order chi connectivity index (χ0) is 28.1. The Kier molecular flexibility index (Phi) is 7.60. The van der Waals surface area contributed by atoms with Crippen LogP contribution in [0.25, 0.3) is 0 Å². The minimum Gasteiger partial charge on any atom is -0.494 e. The molecule has 5 atom stereocenters. The summed E-state index contributed by atoms with van der Waals surface area (Å²) in [5.74, 6) is -1.10. The first-order valence-electron chi connectivity index (χ1n) is 13.6. The van der Waals surface area contributed by atoms with Gasteiger partial charge in [0.2, 0.25) is 17.7 Å². The highest BCUT2D eigenvalue weighted by atomic mass is 32.2. The molecule has 0 saturated carbocycles. The van der Waals surface area contributed by atoms with Crippen molar-refractivity contribution >= 4 is 35.2 Å². The fourth-order valence-corrected chi connectivity index (χ4v) is 9.62. The Hall–Kier alpha value is -2.26. The van der Waals surface area contributed by atoms with Crippen molar-refractivity contribution in [1.82, 2.24) is 10.2 Å². The number of likely N-dealkylation sites (tertiary alicyclic amines) is 1. The molecule has 3 fully saturated rings. The van der Waals surface area contributed by atoms with Crippen molar-refractivity contribution in [3.63, 3.8) is 0 Å². The smallest absolute Gasteiger partial charge is 0.244 e. The van der Waals surface area contributed by atoms with E-state index >= 15 is 0 Å². The molecule has 1 spiro atoms. The molecular formula is C29H43N3O5S. The summed E-state index contributed by atoms with van der Waals surface area (Å²) in [7, 11) is 0. The quantitative estimate of drug-likeness (QED) is 0.435. The number of aliphatic hydroxyl groups is 1. The summed E-state index contributed by atoms with van der Waals surface area (Å²) in [5.41, 5.74) is 0.166. The van der Waals surface area contributed by atoms with Crippen molar-refractivity contribution < 1.29 is 24.2 Å². The number of β-amino-alcohol motifs (C(OH)–C–C–N with tert-alkyl or cyclic N) is 1. The zero-order valence-electron chi connectivity index (χ0n) is 23.7. The second kappa shape index (κ2) is 10.0. The van der Waals surface area contributed by atoms with Gasteiger partial charge in [-0.3, -0.25) is 14.4 Å². The lowest BCUT2D eigenvalue weighted by Crippen LogP contribution is -2.58. The molecule has 9 heteroatoms. The Labute approximate surface area is 230 Å². The van der Waals surface area contributed by atoms with E-state index in [0.717, 1.165) is 18.6 Å². The number of anilines is 1. The van der Waals surface area contributed by atoms with Crippen LogP contribution in [0.15, 0.2) is 24.3 Å². The fraction of sp³-hybridized carbons (Fsp3) is 0.690. The van der Waals surface area contributed by atoms with Gasteiger partial charge in [0.25, 0.3) is 0 Å². The zero-order valence-corrected chi connectivity index (χ0v) is 24.5. The SMILES string of the molecule is CCOc1ccc(NC(=O)[C@H]2[C@H]3C(=O)N(CCO)C(C(=O)NC(C)(C)CC(C)(C)C)C34CC[C@]2(C)S4)cc1. The Morgan fingerprint density at radius 3 is 2.37 bits per heavy atom. The number of carbonyl (C=O) groups excluding carboxylic acids is 3. The number of thioether (sulfide) groups is 1. The molecule has 0 radical (unpaired) electrons. The molecule has 2 unspecified atom stereocenters. The number of aliphatic hydroxyl groups excluding tert-OH is 1. The third kappa shape index (κ3) is 5.16.